The molecule has 0 aliphatic carbocycles. The van der Waals surface area contributed by atoms with Crippen LogP contribution in [0.15, 0.2) is 89.8 Å². The zero-order valence-electron chi connectivity index (χ0n) is 22.0. The monoisotopic (exact) mass is 521 g/mol. The van der Waals surface area contributed by atoms with E-state index in [0.29, 0.717) is 5.69 Å². The van der Waals surface area contributed by atoms with Crippen molar-refractivity contribution in [3.8, 4) is 0 Å². The Hall–Kier alpha value is -3.65. The van der Waals surface area contributed by atoms with E-state index in [1.807, 2.05) is 52.0 Å². The maximum Gasteiger partial charge on any atom is 0.264 e. The van der Waals surface area contributed by atoms with Crippen LogP contribution >= 0.6 is 0 Å². The first-order valence-electron chi connectivity index (χ1n) is 12.2. The van der Waals surface area contributed by atoms with Gasteiger partial charge in [0.15, 0.2) is 0 Å². The van der Waals surface area contributed by atoms with Gasteiger partial charge in [0.1, 0.15) is 12.6 Å². The number of nitrogens with zero attached hydrogens (tertiary/aromatic N) is 2. The van der Waals surface area contributed by atoms with Gasteiger partial charge in [-0.3, -0.25) is 13.9 Å². The van der Waals surface area contributed by atoms with E-state index >= 15 is 0 Å². The number of carbonyl (C=O) groups is 2. The molecule has 0 radical (unpaired) electrons. The third-order valence-electron chi connectivity index (χ3n) is 5.79. The third kappa shape index (κ3) is 7.43. The van der Waals surface area contributed by atoms with E-state index in [0.717, 1.165) is 15.4 Å². The molecule has 0 spiro atoms. The van der Waals surface area contributed by atoms with Crippen LogP contribution in [-0.4, -0.2) is 43.3 Å². The lowest BCUT2D eigenvalue weighted by Crippen LogP contribution is -2.54. The first kappa shape index (κ1) is 27.9. The first-order chi connectivity index (χ1) is 17.4. The minimum atomic E-state index is -4.05. The Morgan fingerprint density at radius 1 is 0.865 bits per heavy atom. The summed E-state index contributed by atoms with van der Waals surface area (Å²) in [4.78, 5) is 28.4. The van der Waals surface area contributed by atoms with Crippen LogP contribution in [0.3, 0.4) is 0 Å². The van der Waals surface area contributed by atoms with Crippen molar-refractivity contribution < 1.29 is 18.0 Å². The van der Waals surface area contributed by atoms with Gasteiger partial charge in [0.25, 0.3) is 10.0 Å². The fourth-order valence-corrected chi connectivity index (χ4v) is 5.22. The van der Waals surface area contributed by atoms with Crippen LogP contribution in [0.4, 0.5) is 5.69 Å². The molecule has 2 amide bonds. The largest absolute Gasteiger partial charge is 0.350 e. The minimum Gasteiger partial charge on any atom is -0.350 e. The van der Waals surface area contributed by atoms with Gasteiger partial charge in [0.2, 0.25) is 11.8 Å². The molecule has 0 saturated heterocycles. The molecule has 0 aliphatic heterocycles. The van der Waals surface area contributed by atoms with Crippen molar-refractivity contribution in [2.75, 3.05) is 10.8 Å². The van der Waals surface area contributed by atoms with Gasteiger partial charge in [-0.1, -0.05) is 66.2 Å². The average Bonchev–Trinajstić information content (AvgIpc) is 2.86. The van der Waals surface area contributed by atoms with Gasteiger partial charge in [-0.25, -0.2) is 8.42 Å². The second-order valence-corrected chi connectivity index (χ2v) is 11.9. The number of amides is 2. The fraction of sp³-hybridized carbons (Fsp3) is 0.310. The molecule has 0 aromatic heterocycles. The number of hydrogen-bond donors (Lipinski definition) is 1. The topological polar surface area (TPSA) is 86.8 Å². The maximum absolute atomic E-state index is 13.8. The number of para-hydroxylation sites is 1. The van der Waals surface area contributed by atoms with E-state index in [-0.39, 0.29) is 17.3 Å². The van der Waals surface area contributed by atoms with Crippen molar-refractivity contribution in [3.05, 3.63) is 96.1 Å². The molecule has 0 heterocycles. The smallest absolute Gasteiger partial charge is 0.264 e. The molecule has 1 N–H and O–H groups in total. The van der Waals surface area contributed by atoms with Crippen LogP contribution in [0.5, 0.6) is 0 Å². The van der Waals surface area contributed by atoms with Gasteiger partial charge < -0.3 is 10.2 Å². The maximum atomic E-state index is 13.8. The Labute approximate surface area is 220 Å². The summed E-state index contributed by atoms with van der Waals surface area (Å²) in [6.07, 6.45) is 0. The molecule has 0 aliphatic rings. The molecule has 8 heteroatoms. The van der Waals surface area contributed by atoms with Gasteiger partial charge in [0, 0.05) is 12.1 Å². The van der Waals surface area contributed by atoms with Gasteiger partial charge in [-0.2, -0.15) is 0 Å². The lowest BCUT2D eigenvalue weighted by atomic mass is 10.1. The molecular weight excluding hydrogens is 486 g/mol. The number of anilines is 1. The molecule has 1 atom stereocenters. The molecular formula is C29H35N3O4S. The van der Waals surface area contributed by atoms with Gasteiger partial charge in [-0.05, 0) is 64.4 Å². The third-order valence-corrected chi connectivity index (χ3v) is 7.58. The highest BCUT2D eigenvalue weighted by molar-refractivity contribution is 7.92. The Balaban J connectivity index is 1.99. The van der Waals surface area contributed by atoms with Crippen LogP contribution < -0.4 is 9.62 Å². The average molecular weight is 522 g/mol. The first-order valence-corrected chi connectivity index (χ1v) is 13.6. The van der Waals surface area contributed by atoms with Crippen molar-refractivity contribution in [2.24, 2.45) is 0 Å². The Morgan fingerprint density at radius 3 is 1.95 bits per heavy atom. The zero-order valence-corrected chi connectivity index (χ0v) is 22.8. The molecule has 0 fully saturated rings. The molecule has 3 rings (SSSR count). The fourth-order valence-electron chi connectivity index (χ4n) is 3.79. The Morgan fingerprint density at radius 2 is 1.41 bits per heavy atom. The predicted molar refractivity (Wildman–Crippen MR) is 147 cm³/mol. The summed E-state index contributed by atoms with van der Waals surface area (Å²) >= 11 is 0. The standard InChI is InChI=1S/C29H35N3O4S/c1-22-16-18-24(19-17-22)20-31(23(2)28(34)30-29(3,4)5)27(33)21-32(25-12-8-6-9-13-25)37(35,36)26-14-10-7-11-15-26/h6-19,23H,20-21H2,1-5H3,(H,30,34)/t23-/m1/s1. The second kappa shape index (κ2) is 11.6. The van der Waals surface area contributed by atoms with Crippen molar-refractivity contribution in [2.45, 2.75) is 57.6 Å². The quantitative estimate of drug-likeness (QED) is 0.449. The zero-order chi connectivity index (χ0) is 27.2. The van der Waals surface area contributed by atoms with E-state index in [1.54, 1.807) is 55.5 Å². The normalized spacial score (nSPS) is 12.5. The number of sulfonamides is 1. The van der Waals surface area contributed by atoms with Crippen molar-refractivity contribution >= 4 is 27.5 Å². The number of benzene rings is 3. The van der Waals surface area contributed by atoms with Gasteiger partial charge in [-0.15, -0.1) is 0 Å². The highest BCUT2D eigenvalue weighted by Gasteiger charge is 2.33. The second-order valence-electron chi connectivity index (χ2n) is 10.1. The molecule has 3 aromatic rings. The summed E-state index contributed by atoms with van der Waals surface area (Å²) in [6, 6.07) is 23.4. The molecule has 37 heavy (non-hydrogen) atoms. The van der Waals surface area contributed by atoms with E-state index in [9.17, 15) is 18.0 Å². The van der Waals surface area contributed by atoms with E-state index < -0.39 is 34.1 Å². The van der Waals surface area contributed by atoms with Crippen LogP contribution in [0.25, 0.3) is 0 Å². The number of rotatable bonds is 9. The summed E-state index contributed by atoms with van der Waals surface area (Å²) in [7, 11) is -4.05. The molecule has 3 aromatic carbocycles. The van der Waals surface area contributed by atoms with Gasteiger partial charge >= 0.3 is 0 Å². The number of carbonyl (C=O) groups excluding carboxylic acids is 2. The van der Waals surface area contributed by atoms with Gasteiger partial charge in [0.05, 0.1) is 10.6 Å². The summed E-state index contributed by atoms with van der Waals surface area (Å²) in [6.45, 7) is 8.93. The predicted octanol–water partition coefficient (Wildman–Crippen LogP) is 4.52. The lowest BCUT2D eigenvalue weighted by molar-refractivity contribution is -0.140. The van der Waals surface area contributed by atoms with Crippen molar-refractivity contribution in [3.63, 3.8) is 0 Å². The van der Waals surface area contributed by atoms with Crippen molar-refractivity contribution in [1.82, 2.24) is 10.2 Å². The summed E-state index contributed by atoms with van der Waals surface area (Å²) in [5.74, 6) is -0.800. The SMILES string of the molecule is Cc1ccc(CN(C(=O)CN(c2ccccc2)S(=O)(=O)c2ccccc2)[C@H](C)C(=O)NC(C)(C)C)cc1. The lowest BCUT2D eigenvalue weighted by Gasteiger charge is -2.33. The molecule has 0 saturated carbocycles. The number of aryl methyl sites for hydroxylation is 1. The number of hydrogen-bond acceptors (Lipinski definition) is 4. The highest BCUT2D eigenvalue weighted by Crippen LogP contribution is 2.24. The van der Waals surface area contributed by atoms with Crippen LogP contribution in [-0.2, 0) is 26.2 Å². The summed E-state index contributed by atoms with van der Waals surface area (Å²) in [5.41, 5.74) is 1.79. The molecule has 0 unspecified atom stereocenters. The van der Waals surface area contributed by atoms with Crippen LogP contribution in [0.1, 0.15) is 38.8 Å². The summed E-state index contributed by atoms with van der Waals surface area (Å²) in [5, 5.41) is 2.93. The van der Waals surface area contributed by atoms with E-state index in [1.165, 1.54) is 17.0 Å². The van der Waals surface area contributed by atoms with Crippen LogP contribution in [0, 0.1) is 6.92 Å². The molecule has 7 nitrogen and oxygen atoms in total. The summed E-state index contributed by atoms with van der Waals surface area (Å²) < 4.78 is 28.4. The van der Waals surface area contributed by atoms with E-state index in [2.05, 4.69) is 5.32 Å². The number of nitrogens with one attached hydrogen (secondary N) is 1. The molecule has 0 bridgehead atoms. The Bertz CT molecular complexity index is 1300. The Kier molecular flexibility index (Phi) is 8.76. The minimum absolute atomic E-state index is 0.0789. The molecule has 196 valence electrons. The van der Waals surface area contributed by atoms with Crippen molar-refractivity contribution in [1.29, 1.82) is 0 Å². The van der Waals surface area contributed by atoms with E-state index in [4.69, 9.17) is 0 Å². The highest BCUT2D eigenvalue weighted by atomic mass is 32.2. The van der Waals surface area contributed by atoms with Crippen LogP contribution in [0.2, 0.25) is 0 Å².